The minimum Gasteiger partial charge on any atom is -0.353 e. The van der Waals surface area contributed by atoms with Crippen molar-refractivity contribution in [2.75, 3.05) is 5.75 Å². The lowest BCUT2D eigenvalue weighted by molar-refractivity contribution is -0.119. The van der Waals surface area contributed by atoms with Gasteiger partial charge in [0, 0.05) is 11.7 Å². The Bertz CT molecular complexity index is 639. The van der Waals surface area contributed by atoms with E-state index in [1.807, 2.05) is 16.7 Å². The van der Waals surface area contributed by atoms with Crippen molar-refractivity contribution in [3.05, 3.63) is 36.2 Å². The fourth-order valence-electron chi connectivity index (χ4n) is 2.42. The molecule has 0 spiro atoms. The third-order valence-corrected chi connectivity index (χ3v) is 4.75. The van der Waals surface area contributed by atoms with Crippen LogP contribution in [0.5, 0.6) is 0 Å². The third-order valence-electron chi connectivity index (χ3n) is 3.81. The van der Waals surface area contributed by atoms with Gasteiger partial charge in [-0.3, -0.25) is 9.36 Å². The number of rotatable bonds is 9. The van der Waals surface area contributed by atoms with Crippen LogP contribution in [0.2, 0.25) is 0 Å². The molecule has 0 saturated heterocycles. The van der Waals surface area contributed by atoms with Crippen LogP contribution in [0.15, 0.2) is 35.7 Å². The Morgan fingerprint density at radius 1 is 1.29 bits per heavy atom. The summed E-state index contributed by atoms with van der Waals surface area (Å²) in [6, 6.07) is 8.37. The maximum absolute atomic E-state index is 12.1. The van der Waals surface area contributed by atoms with Crippen molar-refractivity contribution in [2.24, 2.45) is 0 Å². The minimum atomic E-state index is 0.0439. The number of aromatic nitrogens is 3. The molecule has 0 aliphatic carbocycles. The van der Waals surface area contributed by atoms with Crippen molar-refractivity contribution in [1.82, 2.24) is 20.1 Å². The molecule has 0 bridgehead atoms. The van der Waals surface area contributed by atoms with Gasteiger partial charge in [-0.05, 0) is 32.4 Å². The molecule has 5 nitrogen and oxygen atoms in total. The van der Waals surface area contributed by atoms with E-state index in [4.69, 9.17) is 0 Å². The Hall–Kier alpha value is -1.82. The molecule has 1 aromatic carbocycles. The SMILES string of the molecule is CCCCCC(C)NC(=O)CSc1nncn1-c1ccc(C)cc1. The van der Waals surface area contributed by atoms with Crippen LogP contribution in [0.25, 0.3) is 5.69 Å². The third kappa shape index (κ3) is 5.67. The topological polar surface area (TPSA) is 59.8 Å². The zero-order chi connectivity index (χ0) is 17.4. The molecule has 1 aromatic heterocycles. The predicted octanol–water partition coefficient (Wildman–Crippen LogP) is 3.75. The minimum absolute atomic E-state index is 0.0439. The molecule has 0 fully saturated rings. The summed E-state index contributed by atoms with van der Waals surface area (Å²) in [5.41, 5.74) is 2.21. The van der Waals surface area contributed by atoms with Gasteiger partial charge in [0.05, 0.1) is 5.75 Å². The summed E-state index contributed by atoms with van der Waals surface area (Å²) in [5.74, 6) is 0.394. The number of nitrogens with zero attached hydrogens (tertiary/aromatic N) is 3. The fraction of sp³-hybridized carbons (Fsp3) is 0.500. The number of hydrogen-bond acceptors (Lipinski definition) is 4. The number of aryl methyl sites for hydroxylation is 1. The highest BCUT2D eigenvalue weighted by molar-refractivity contribution is 7.99. The van der Waals surface area contributed by atoms with E-state index in [1.165, 1.54) is 30.2 Å². The van der Waals surface area contributed by atoms with Gasteiger partial charge in [-0.2, -0.15) is 0 Å². The first kappa shape index (κ1) is 18.5. The van der Waals surface area contributed by atoms with E-state index < -0.39 is 0 Å². The van der Waals surface area contributed by atoms with E-state index in [-0.39, 0.29) is 11.9 Å². The molecule has 1 N–H and O–H groups in total. The van der Waals surface area contributed by atoms with Gasteiger partial charge < -0.3 is 5.32 Å². The second kappa shape index (κ2) is 9.47. The molecule has 0 saturated carbocycles. The van der Waals surface area contributed by atoms with Crippen molar-refractivity contribution in [1.29, 1.82) is 0 Å². The van der Waals surface area contributed by atoms with Crippen LogP contribution in [0, 0.1) is 6.92 Å². The highest BCUT2D eigenvalue weighted by atomic mass is 32.2. The second-order valence-corrected chi connectivity index (χ2v) is 7.01. The van der Waals surface area contributed by atoms with E-state index in [0.717, 1.165) is 23.7 Å². The largest absolute Gasteiger partial charge is 0.353 e. The van der Waals surface area contributed by atoms with Crippen molar-refractivity contribution in [2.45, 2.75) is 57.7 Å². The monoisotopic (exact) mass is 346 g/mol. The first-order valence-corrected chi connectivity index (χ1v) is 9.48. The molecule has 24 heavy (non-hydrogen) atoms. The average Bonchev–Trinajstić information content (AvgIpc) is 3.02. The first-order valence-electron chi connectivity index (χ1n) is 8.49. The number of benzene rings is 1. The number of carbonyl (C=O) groups is 1. The van der Waals surface area contributed by atoms with E-state index in [0.29, 0.717) is 5.75 Å². The van der Waals surface area contributed by atoms with Crippen LogP contribution in [0.4, 0.5) is 0 Å². The molecule has 0 radical (unpaired) electrons. The summed E-state index contributed by atoms with van der Waals surface area (Å²) in [4.78, 5) is 12.1. The summed E-state index contributed by atoms with van der Waals surface area (Å²) in [5, 5.41) is 11.9. The van der Waals surface area contributed by atoms with Crippen molar-refractivity contribution in [3.8, 4) is 5.69 Å². The van der Waals surface area contributed by atoms with Gasteiger partial charge in [0.25, 0.3) is 0 Å². The van der Waals surface area contributed by atoms with Crippen LogP contribution in [0.1, 0.15) is 45.1 Å². The summed E-state index contributed by atoms with van der Waals surface area (Å²) >= 11 is 1.41. The number of nitrogens with one attached hydrogen (secondary N) is 1. The van der Waals surface area contributed by atoms with Gasteiger partial charge in [-0.15, -0.1) is 10.2 Å². The zero-order valence-electron chi connectivity index (χ0n) is 14.7. The Kier molecular flexibility index (Phi) is 7.31. The van der Waals surface area contributed by atoms with Gasteiger partial charge in [-0.25, -0.2) is 0 Å². The van der Waals surface area contributed by atoms with Crippen LogP contribution < -0.4 is 5.32 Å². The number of amides is 1. The summed E-state index contributed by atoms with van der Waals surface area (Å²) in [6.45, 7) is 6.30. The molecule has 2 aromatic rings. The van der Waals surface area contributed by atoms with Crippen molar-refractivity contribution >= 4 is 17.7 Å². The van der Waals surface area contributed by atoms with Gasteiger partial charge in [0.2, 0.25) is 5.91 Å². The van der Waals surface area contributed by atoms with Gasteiger partial charge in [0.15, 0.2) is 5.16 Å². The van der Waals surface area contributed by atoms with Gasteiger partial charge in [0.1, 0.15) is 6.33 Å². The molecule has 6 heteroatoms. The molecule has 0 aliphatic rings. The number of thioether (sulfide) groups is 1. The van der Waals surface area contributed by atoms with Crippen molar-refractivity contribution < 1.29 is 4.79 Å². The van der Waals surface area contributed by atoms with Gasteiger partial charge in [-0.1, -0.05) is 55.6 Å². The summed E-state index contributed by atoms with van der Waals surface area (Å²) in [6.07, 6.45) is 6.29. The molecule has 0 aliphatic heterocycles. The second-order valence-electron chi connectivity index (χ2n) is 6.07. The normalized spacial score (nSPS) is 12.1. The maximum atomic E-state index is 12.1. The molecular weight excluding hydrogens is 320 g/mol. The van der Waals surface area contributed by atoms with E-state index in [1.54, 1.807) is 6.33 Å². The van der Waals surface area contributed by atoms with Crippen LogP contribution in [0.3, 0.4) is 0 Å². The number of hydrogen-bond donors (Lipinski definition) is 1. The smallest absolute Gasteiger partial charge is 0.230 e. The zero-order valence-corrected chi connectivity index (χ0v) is 15.5. The maximum Gasteiger partial charge on any atom is 0.230 e. The van der Waals surface area contributed by atoms with Gasteiger partial charge >= 0.3 is 0 Å². The van der Waals surface area contributed by atoms with E-state index >= 15 is 0 Å². The summed E-state index contributed by atoms with van der Waals surface area (Å²) < 4.78 is 1.90. The Morgan fingerprint density at radius 2 is 2.04 bits per heavy atom. The Labute approximate surface area is 148 Å². The lowest BCUT2D eigenvalue weighted by Crippen LogP contribution is -2.33. The quantitative estimate of drug-likeness (QED) is 0.555. The molecule has 1 heterocycles. The predicted molar refractivity (Wildman–Crippen MR) is 98.6 cm³/mol. The highest BCUT2D eigenvalue weighted by Gasteiger charge is 2.12. The molecule has 1 atom stereocenters. The lowest BCUT2D eigenvalue weighted by atomic mass is 10.1. The molecular formula is C18H26N4OS. The molecule has 2 rings (SSSR count). The van der Waals surface area contributed by atoms with Crippen molar-refractivity contribution in [3.63, 3.8) is 0 Å². The average molecular weight is 347 g/mol. The highest BCUT2D eigenvalue weighted by Crippen LogP contribution is 2.19. The molecule has 1 amide bonds. The standard InChI is InChI=1S/C18H26N4OS/c1-4-5-6-7-15(3)20-17(23)12-24-18-21-19-13-22(18)16-10-8-14(2)9-11-16/h8-11,13,15H,4-7,12H2,1-3H3,(H,20,23). The molecule has 1 unspecified atom stereocenters. The fourth-order valence-corrected chi connectivity index (χ4v) is 3.16. The number of carbonyl (C=O) groups excluding carboxylic acids is 1. The lowest BCUT2D eigenvalue weighted by Gasteiger charge is -2.13. The van der Waals surface area contributed by atoms with Crippen LogP contribution in [-0.2, 0) is 4.79 Å². The van der Waals surface area contributed by atoms with Crippen LogP contribution in [-0.4, -0.2) is 32.5 Å². The summed E-state index contributed by atoms with van der Waals surface area (Å²) in [7, 11) is 0. The Balaban J connectivity index is 1.85. The number of unbranched alkanes of at least 4 members (excludes halogenated alkanes) is 2. The first-order chi connectivity index (χ1) is 11.6. The molecule has 130 valence electrons. The van der Waals surface area contributed by atoms with Crippen LogP contribution >= 0.6 is 11.8 Å². The van der Waals surface area contributed by atoms with E-state index in [2.05, 4.69) is 48.4 Å². The van der Waals surface area contributed by atoms with E-state index in [9.17, 15) is 4.79 Å². The Morgan fingerprint density at radius 3 is 2.75 bits per heavy atom.